The maximum absolute atomic E-state index is 10.7. The van der Waals surface area contributed by atoms with Crippen LogP contribution in [-0.4, -0.2) is 21.2 Å². The molecule has 3 rings (SSSR count). The summed E-state index contributed by atoms with van der Waals surface area (Å²) in [5.41, 5.74) is 3.10. The maximum Gasteiger partial charge on any atom is 0.409 e. The first-order valence-corrected chi connectivity index (χ1v) is 8.63. The van der Waals surface area contributed by atoms with Gasteiger partial charge in [-0.15, -0.1) is 0 Å². The first-order chi connectivity index (χ1) is 13.0. The smallest absolute Gasteiger partial charge is 0.409 e. The second-order valence-electron chi connectivity index (χ2n) is 5.53. The molecule has 0 unspecified atom stereocenters. The van der Waals surface area contributed by atoms with Gasteiger partial charge in [0.2, 0.25) is 5.28 Å². The summed E-state index contributed by atoms with van der Waals surface area (Å²) in [5, 5.41) is 17.9. The van der Waals surface area contributed by atoms with E-state index in [-0.39, 0.29) is 5.28 Å². The van der Waals surface area contributed by atoms with Crippen LogP contribution in [0.25, 0.3) is 0 Å². The molecule has 0 aliphatic heterocycles. The third kappa shape index (κ3) is 5.47. The first-order valence-electron chi connectivity index (χ1n) is 7.87. The van der Waals surface area contributed by atoms with Crippen molar-refractivity contribution in [2.75, 3.05) is 16.0 Å². The average Bonchev–Trinajstić information content (AvgIpc) is 2.63. The van der Waals surface area contributed by atoms with Gasteiger partial charge in [-0.2, -0.15) is 4.98 Å². The van der Waals surface area contributed by atoms with Gasteiger partial charge < -0.3 is 15.7 Å². The molecule has 1 aromatic heterocycles. The number of carbonyl (C=O) groups is 1. The molecule has 27 heavy (non-hydrogen) atoms. The van der Waals surface area contributed by atoms with Crippen molar-refractivity contribution in [1.29, 1.82) is 0 Å². The van der Waals surface area contributed by atoms with Gasteiger partial charge in [-0.3, -0.25) is 5.32 Å². The van der Waals surface area contributed by atoms with Gasteiger partial charge in [-0.1, -0.05) is 29.8 Å². The molecule has 0 bridgehead atoms. The van der Waals surface area contributed by atoms with Crippen LogP contribution < -0.4 is 16.0 Å². The number of rotatable bonds is 6. The quantitative estimate of drug-likeness (QED) is 0.420. The van der Waals surface area contributed by atoms with Gasteiger partial charge in [-0.25, -0.2) is 9.78 Å². The van der Waals surface area contributed by atoms with Crippen molar-refractivity contribution in [2.24, 2.45) is 0 Å². The molecule has 1 heterocycles. The third-order valence-electron chi connectivity index (χ3n) is 3.51. The Morgan fingerprint density at radius 3 is 2.59 bits per heavy atom. The highest BCUT2D eigenvalue weighted by Crippen LogP contribution is 2.24. The van der Waals surface area contributed by atoms with E-state index in [0.29, 0.717) is 23.1 Å². The summed E-state index contributed by atoms with van der Waals surface area (Å²) in [4.78, 5) is 18.6. The number of anilines is 4. The van der Waals surface area contributed by atoms with Gasteiger partial charge in [0.1, 0.15) is 5.02 Å². The van der Waals surface area contributed by atoms with Crippen molar-refractivity contribution in [2.45, 2.75) is 6.54 Å². The molecule has 9 heteroatoms. The Hall–Kier alpha value is -3.03. The van der Waals surface area contributed by atoms with Gasteiger partial charge in [0.05, 0.1) is 6.20 Å². The monoisotopic (exact) mass is 403 g/mol. The molecule has 0 aliphatic rings. The Kier molecular flexibility index (Phi) is 5.95. The van der Waals surface area contributed by atoms with Crippen LogP contribution in [0.3, 0.4) is 0 Å². The minimum Gasteiger partial charge on any atom is -0.465 e. The second-order valence-corrected chi connectivity index (χ2v) is 6.27. The van der Waals surface area contributed by atoms with E-state index in [1.165, 1.54) is 6.20 Å². The van der Waals surface area contributed by atoms with Gasteiger partial charge >= 0.3 is 6.09 Å². The zero-order chi connectivity index (χ0) is 19.2. The molecule has 4 N–H and O–H groups in total. The van der Waals surface area contributed by atoms with Crippen molar-refractivity contribution in [3.63, 3.8) is 0 Å². The minimum absolute atomic E-state index is 0.106. The molecule has 0 fully saturated rings. The van der Waals surface area contributed by atoms with Crippen LogP contribution in [0.15, 0.2) is 54.7 Å². The van der Waals surface area contributed by atoms with Crippen LogP contribution in [0.2, 0.25) is 10.3 Å². The molecule has 0 saturated heterocycles. The van der Waals surface area contributed by atoms with Crippen LogP contribution in [-0.2, 0) is 6.54 Å². The van der Waals surface area contributed by atoms with Crippen LogP contribution >= 0.6 is 23.2 Å². The number of benzene rings is 2. The number of amides is 1. The topological polar surface area (TPSA) is 99.2 Å². The lowest BCUT2D eigenvalue weighted by Crippen LogP contribution is -2.07. The van der Waals surface area contributed by atoms with Crippen molar-refractivity contribution in [3.05, 3.63) is 70.6 Å². The third-order valence-corrected chi connectivity index (χ3v) is 3.97. The number of hydrogen-bond donors (Lipinski definition) is 4. The number of nitrogens with zero attached hydrogens (tertiary/aromatic N) is 2. The van der Waals surface area contributed by atoms with E-state index >= 15 is 0 Å². The molecule has 7 nitrogen and oxygen atoms in total. The summed E-state index contributed by atoms with van der Waals surface area (Å²) < 4.78 is 0. The standard InChI is InChI=1S/C18H15Cl2N5O2/c19-15-10-22-17(20)25-16(15)23-13-5-1-3-11(7-13)9-21-12-4-2-6-14(8-12)24-18(26)27/h1-8,10,21,24H,9H2,(H,26,27)(H,22,23,25). The fraction of sp³-hybridized carbons (Fsp3) is 0.0556. The maximum atomic E-state index is 10.7. The summed E-state index contributed by atoms with van der Waals surface area (Å²) in [6.45, 7) is 0.546. The molecule has 0 spiro atoms. The van der Waals surface area contributed by atoms with E-state index in [1.54, 1.807) is 18.2 Å². The molecule has 1 amide bonds. The molecule has 0 atom stereocenters. The van der Waals surface area contributed by atoms with E-state index in [0.717, 1.165) is 16.9 Å². The SMILES string of the molecule is O=C(O)Nc1cccc(NCc2cccc(Nc3nc(Cl)ncc3Cl)c2)c1. The number of aromatic nitrogens is 2. The van der Waals surface area contributed by atoms with Gasteiger partial charge in [0, 0.05) is 23.6 Å². The highest BCUT2D eigenvalue weighted by molar-refractivity contribution is 6.33. The first kappa shape index (κ1) is 18.8. The van der Waals surface area contributed by atoms with Crippen molar-refractivity contribution >= 4 is 52.2 Å². The summed E-state index contributed by atoms with van der Waals surface area (Å²) >= 11 is 11.9. The van der Waals surface area contributed by atoms with Crippen LogP contribution in [0, 0.1) is 0 Å². The number of hydrogen-bond acceptors (Lipinski definition) is 5. The Bertz CT molecular complexity index is 968. The minimum atomic E-state index is -1.10. The van der Waals surface area contributed by atoms with E-state index in [4.69, 9.17) is 28.3 Å². The van der Waals surface area contributed by atoms with Crippen LogP contribution in [0.4, 0.5) is 27.7 Å². The lowest BCUT2D eigenvalue weighted by Gasteiger charge is -2.11. The van der Waals surface area contributed by atoms with E-state index in [9.17, 15) is 4.79 Å². The van der Waals surface area contributed by atoms with Gasteiger partial charge in [0.25, 0.3) is 0 Å². The molecule has 2 aromatic carbocycles. The Balaban J connectivity index is 1.67. The molecule has 0 saturated carbocycles. The van der Waals surface area contributed by atoms with Crippen LogP contribution in [0.5, 0.6) is 0 Å². The number of carboxylic acid groups (broad SMARTS) is 1. The zero-order valence-electron chi connectivity index (χ0n) is 13.9. The Morgan fingerprint density at radius 1 is 1.04 bits per heavy atom. The molecular weight excluding hydrogens is 389 g/mol. The average molecular weight is 404 g/mol. The van der Waals surface area contributed by atoms with Crippen molar-refractivity contribution in [3.8, 4) is 0 Å². The predicted octanol–water partition coefficient (Wildman–Crippen LogP) is 5.23. The summed E-state index contributed by atoms with van der Waals surface area (Å²) in [6.07, 6.45) is 0.331. The van der Waals surface area contributed by atoms with Gasteiger partial charge in [-0.05, 0) is 47.5 Å². The molecule has 0 aliphatic carbocycles. The normalized spacial score (nSPS) is 10.3. The number of nitrogens with one attached hydrogen (secondary N) is 3. The Morgan fingerprint density at radius 2 is 1.78 bits per heavy atom. The zero-order valence-corrected chi connectivity index (χ0v) is 15.4. The van der Waals surface area contributed by atoms with E-state index < -0.39 is 6.09 Å². The Labute approximate surface area is 165 Å². The second kappa shape index (κ2) is 8.57. The predicted molar refractivity (Wildman–Crippen MR) is 107 cm³/mol. The van der Waals surface area contributed by atoms with E-state index in [1.807, 2.05) is 30.3 Å². The molecular formula is C18H15Cl2N5O2. The molecule has 0 radical (unpaired) electrons. The fourth-order valence-electron chi connectivity index (χ4n) is 2.36. The largest absolute Gasteiger partial charge is 0.465 e. The number of halogens is 2. The highest BCUT2D eigenvalue weighted by Gasteiger charge is 2.05. The van der Waals surface area contributed by atoms with E-state index in [2.05, 4.69) is 25.9 Å². The van der Waals surface area contributed by atoms with Crippen molar-refractivity contribution < 1.29 is 9.90 Å². The van der Waals surface area contributed by atoms with Crippen molar-refractivity contribution in [1.82, 2.24) is 9.97 Å². The lowest BCUT2D eigenvalue weighted by atomic mass is 10.2. The summed E-state index contributed by atoms with van der Waals surface area (Å²) in [7, 11) is 0. The van der Waals surface area contributed by atoms with Gasteiger partial charge in [0.15, 0.2) is 5.82 Å². The van der Waals surface area contributed by atoms with Crippen LogP contribution in [0.1, 0.15) is 5.56 Å². The molecule has 138 valence electrons. The highest BCUT2D eigenvalue weighted by atomic mass is 35.5. The fourth-order valence-corrected chi connectivity index (χ4v) is 2.64. The molecule has 3 aromatic rings. The lowest BCUT2D eigenvalue weighted by molar-refractivity contribution is 0.210. The summed E-state index contributed by atoms with van der Waals surface area (Å²) in [5.74, 6) is 0.425. The summed E-state index contributed by atoms with van der Waals surface area (Å²) in [6, 6.07) is 14.7.